The van der Waals surface area contributed by atoms with Crippen LogP contribution in [0.2, 0.25) is 0 Å². The van der Waals surface area contributed by atoms with E-state index < -0.39 is 0 Å². The Balaban J connectivity index is 2.03. The maximum atomic E-state index is 12.4. The van der Waals surface area contributed by atoms with Crippen LogP contribution in [0.5, 0.6) is 5.75 Å². The number of benzene rings is 1. The van der Waals surface area contributed by atoms with Gasteiger partial charge in [-0.15, -0.1) is 0 Å². The number of aromatic hydroxyl groups is 1. The number of rotatable bonds is 3. The van der Waals surface area contributed by atoms with Gasteiger partial charge in [0.15, 0.2) is 0 Å². The van der Waals surface area contributed by atoms with Gasteiger partial charge in [0, 0.05) is 0 Å². The van der Waals surface area contributed by atoms with Gasteiger partial charge in [0.2, 0.25) is 5.91 Å². The summed E-state index contributed by atoms with van der Waals surface area (Å²) < 4.78 is 0. The smallest absolute Gasteiger partial charge is 0.238 e. The van der Waals surface area contributed by atoms with Crippen molar-refractivity contribution in [3.8, 4) is 5.75 Å². The molecule has 0 radical (unpaired) electrons. The number of phenolic OH excluding ortho intramolecular Hbond substituents is 1. The van der Waals surface area contributed by atoms with Gasteiger partial charge < -0.3 is 15.7 Å². The molecule has 0 bridgehead atoms. The molecule has 3 N–H and O–H groups in total. The van der Waals surface area contributed by atoms with E-state index in [1.807, 2.05) is 13.0 Å². The van der Waals surface area contributed by atoms with E-state index in [1.54, 1.807) is 18.2 Å². The molecule has 1 fully saturated rings. The summed E-state index contributed by atoms with van der Waals surface area (Å²) >= 11 is 0. The summed E-state index contributed by atoms with van der Waals surface area (Å²) in [7, 11) is 0. The second-order valence-electron chi connectivity index (χ2n) is 6.30. The van der Waals surface area contributed by atoms with Gasteiger partial charge in [-0.1, -0.05) is 26.0 Å². The number of piperidine rings is 1. The van der Waals surface area contributed by atoms with Crippen molar-refractivity contribution < 1.29 is 9.90 Å². The van der Waals surface area contributed by atoms with Crippen LogP contribution in [0.4, 0.5) is 0 Å². The van der Waals surface area contributed by atoms with Crippen LogP contribution >= 0.6 is 0 Å². The average molecular weight is 276 g/mol. The monoisotopic (exact) mass is 276 g/mol. The molecule has 1 aromatic rings. The molecule has 4 heteroatoms. The highest BCUT2D eigenvalue weighted by molar-refractivity contribution is 5.83. The maximum absolute atomic E-state index is 12.4. The zero-order valence-electron chi connectivity index (χ0n) is 12.4. The van der Waals surface area contributed by atoms with Crippen LogP contribution in [0.3, 0.4) is 0 Å². The Morgan fingerprint density at radius 1 is 1.50 bits per heavy atom. The van der Waals surface area contributed by atoms with Gasteiger partial charge in [0.05, 0.1) is 12.1 Å². The molecule has 2 rings (SSSR count). The van der Waals surface area contributed by atoms with Gasteiger partial charge in [-0.25, -0.2) is 0 Å². The molecule has 0 spiro atoms. The summed E-state index contributed by atoms with van der Waals surface area (Å²) in [6.45, 7) is 7.08. The highest BCUT2D eigenvalue weighted by atomic mass is 16.3. The highest BCUT2D eigenvalue weighted by Gasteiger charge is 2.37. The molecular weight excluding hydrogens is 252 g/mol. The first-order chi connectivity index (χ1) is 9.40. The molecule has 0 saturated carbocycles. The van der Waals surface area contributed by atoms with Crippen molar-refractivity contribution in [1.82, 2.24) is 10.6 Å². The van der Waals surface area contributed by atoms with E-state index in [-0.39, 0.29) is 29.2 Å². The Bertz CT molecular complexity index is 485. The predicted octanol–water partition coefficient (Wildman–Crippen LogP) is 2.35. The first kappa shape index (κ1) is 14.9. The summed E-state index contributed by atoms with van der Waals surface area (Å²) in [5.74, 6) is 0.255. The fourth-order valence-corrected chi connectivity index (χ4v) is 2.83. The minimum absolute atomic E-state index is 0.0269. The van der Waals surface area contributed by atoms with E-state index in [2.05, 4.69) is 24.5 Å². The Morgan fingerprint density at radius 2 is 2.25 bits per heavy atom. The molecule has 20 heavy (non-hydrogen) atoms. The standard InChI is InChI=1S/C16H24N2O2/c1-11(12-6-4-7-13(19)10-12)18-15(20)14-16(2,3)8-5-9-17-14/h4,6-7,10-11,14,17,19H,5,8-9H2,1-3H3,(H,18,20). The summed E-state index contributed by atoms with van der Waals surface area (Å²) in [6.07, 6.45) is 2.16. The normalized spacial score (nSPS) is 23.1. The summed E-state index contributed by atoms with van der Waals surface area (Å²) in [5, 5.41) is 15.9. The molecular formula is C16H24N2O2. The number of hydrogen-bond acceptors (Lipinski definition) is 3. The Kier molecular flexibility index (Phi) is 4.33. The fraction of sp³-hybridized carbons (Fsp3) is 0.562. The van der Waals surface area contributed by atoms with E-state index in [9.17, 15) is 9.90 Å². The third-order valence-electron chi connectivity index (χ3n) is 4.12. The molecule has 1 amide bonds. The summed E-state index contributed by atoms with van der Waals surface area (Å²) in [5.41, 5.74) is 0.882. The van der Waals surface area contributed by atoms with Crippen LogP contribution in [0.25, 0.3) is 0 Å². The molecule has 2 unspecified atom stereocenters. The quantitative estimate of drug-likeness (QED) is 0.794. The number of carbonyl (C=O) groups excluding carboxylic acids is 1. The molecule has 0 aromatic heterocycles. The molecule has 1 saturated heterocycles. The van der Waals surface area contributed by atoms with Crippen LogP contribution in [-0.4, -0.2) is 23.6 Å². The lowest BCUT2D eigenvalue weighted by Gasteiger charge is -2.38. The van der Waals surface area contributed by atoms with Gasteiger partial charge in [0.25, 0.3) is 0 Å². The van der Waals surface area contributed by atoms with Crippen LogP contribution in [0.15, 0.2) is 24.3 Å². The van der Waals surface area contributed by atoms with Crippen molar-refractivity contribution in [1.29, 1.82) is 0 Å². The lowest BCUT2D eigenvalue weighted by Crippen LogP contribution is -2.55. The van der Waals surface area contributed by atoms with Gasteiger partial charge >= 0.3 is 0 Å². The molecule has 2 atom stereocenters. The van der Waals surface area contributed by atoms with Crippen LogP contribution < -0.4 is 10.6 Å². The van der Waals surface area contributed by atoms with E-state index in [0.717, 1.165) is 24.9 Å². The number of carbonyl (C=O) groups is 1. The topological polar surface area (TPSA) is 61.4 Å². The first-order valence-electron chi connectivity index (χ1n) is 7.23. The number of phenols is 1. The third kappa shape index (κ3) is 3.31. The van der Waals surface area contributed by atoms with Crippen molar-refractivity contribution in [2.24, 2.45) is 5.41 Å². The summed E-state index contributed by atoms with van der Waals surface area (Å²) in [6, 6.07) is 6.74. The number of hydrogen-bond donors (Lipinski definition) is 3. The van der Waals surface area contributed by atoms with E-state index in [4.69, 9.17) is 0 Å². The molecule has 1 aliphatic heterocycles. The van der Waals surface area contributed by atoms with E-state index in [1.165, 1.54) is 0 Å². The first-order valence-corrected chi connectivity index (χ1v) is 7.23. The second-order valence-corrected chi connectivity index (χ2v) is 6.30. The van der Waals surface area contributed by atoms with Crippen molar-refractivity contribution in [2.45, 2.75) is 45.7 Å². The van der Waals surface area contributed by atoms with Crippen LogP contribution in [0, 0.1) is 5.41 Å². The number of nitrogens with one attached hydrogen (secondary N) is 2. The second kappa shape index (κ2) is 5.83. The Labute approximate surface area is 120 Å². The van der Waals surface area contributed by atoms with Gasteiger partial charge in [-0.2, -0.15) is 0 Å². The van der Waals surface area contributed by atoms with E-state index >= 15 is 0 Å². The maximum Gasteiger partial charge on any atom is 0.238 e. The molecule has 110 valence electrons. The van der Waals surface area contributed by atoms with Gasteiger partial charge in [-0.3, -0.25) is 4.79 Å². The zero-order chi connectivity index (χ0) is 14.8. The van der Waals surface area contributed by atoms with Gasteiger partial charge in [0.1, 0.15) is 5.75 Å². The Morgan fingerprint density at radius 3 is 2.90 bits per heavy atom. The zero-order valence-corrected chi connectivity index (χ0v) is 12.4. The lowest BCUT2D eigenvalue weighted by atomic mass is 9.77. The summed E-state index contributed by atoms with van der Waals surface area (Å²) in [4.78, 5) is 12.4. The number of amides is 1. The minimum atomic E-state index is -0.156. The average Bonchev–Trinajstić information content (AvgIpc) is 2.37. The molecule has 1 aromatic carbocycles. The van der Waals surface area contributed by atoms with Crippen molar-refractivity contribution in [3.63, 3.8) is 0 Å². The predicted molar refractivity (Wildman–Crippen MR) is 79.5 cm³/mol. The fourth-order valence-electron chi connectivity index (χ4n) is 2.83. The van der Waals surface area contributed by atoms with Gasteiger partial charge in [-0.05, 0) is 49.4 Å². The van der Waals surface area contributed by atoms with Crippen molar-refractivity contribution >= 4 is 5.91 Å². The van der Waals surface area contributed by atoms with Crippen molar-refractivity contribution in [3.05, 3.63) is 29.8 Å². The molecule has 4 nitrogen and oxygen atoms in total. The van der Waals surface area contributed by atoms with Crippen LogP contribution in [0.1, 0.15) is 45.2 Å². The molecule has 0 aliphatic carbocycles. The van der Waals surface area contributed by atoms with Crippen molar-refractivity contribution in [2.75, 3.05) is 6.54 Å². The largest absolute Gasteiger partial charge is 0.508 e. The SMILES string of the molecule is CC(NC(=O)C1NCCCC1(C)C)c1cccc(O)c1. The molecule has 1 aliphatic rings. The minimum Gasteiger partial charge on any atom is -0.508 e. The highest BCUT2D eigenvalue weighted by Crippen LogP contribution is 2.30. The van der Waals surface area contributed by atoms with Crippen LogP contribution in [-0.2, 0) is 4.79 Å². The third-order valence-corrected chi connectivity index (χ3v) is 4.12. The lowest BCUT2D eigenvalue weighted by molar-refractivity contribution is -0.127. The Hall–Kier alpha value is -1.55. The molecule has 1 heterocycles. The van der Waals surface area contributed by atoms with E-state index in [0.29, 0.717) is 0 Å².